The van der Waals surface area contributed by atoms with Crippen molar-refractivity contribution in [2.45, 2.75) is 26.2 Å². The van der Waals surface area contributed by atoms with E-state index in [4.69, 9.17) is 4.74 Å². The number of hydrogen-bond acceptors (Lipinski definition) is 6. The highest BCUT2D eigenvalue weighted by atomic mass is 19.1. The summed E-state index contributed by atoms with van der Waals surface area (Å²) in [6, 6.07) is 7.10. The van der Waals surface area contributed by atoms with Crippen LogP contribution < -0.4 is 10.1 Å². The number of aromatic nitrogens is 4. The second-order valence-electron chi connectivity index (χ2n) is 6.46. The highest BCUT2D eigenvalue weighted by Crippen LogP contribution is 2.21. The van der Waals surface area contributed by atoms with Crippen molar-refractivity contribution in [3.8, 4) is 5.75 Å². The molecule has 0 spiro atoms. The van der Waals surface area contributed by atoms with E-state index >= 15 is 0 Å². The zero-order valence-electron chi connectivity index (χ0n) is 15.1. The normalized spacial score (nSPS) is 14.0. The van der Waals surface area contributed by atoms with Crippen LogP contribution in [0.15, 0.2) is 42.9 Å². The summed E-state index contributed by atoms with van der Waals surface area (Å²) in [6.07, 6.45) is 4.97. The van der Waals surface area contributed by atoms with E-state index in [2.05, 4.69) is 31.3 Å². The molecule has 0 saturated heterocycles. The predicted octanol–water partition coefficient (Wildman–Crippen LogP) is 2.45. The number of anilines is 1. The first-order valence-corrected chi connectivity index (χ1v) is 8.81. The molecule has 2 aromatic heterocycles. The van der Waals surface area contributed by atoms with Gasteiger partial charge in [0.1, 0.15) is 17.4 Å². The molecule has 4 rings (SSSR count). The number of fused-ring (bicyclic) bond motifs is 1. The van der Waals surface area contributed by atoms with E-state index in [9.17, 15) is 4.39 Å². The first-order chi connectivity index (χ1) is 13.2. The van der Waals surface area contributed by atoms with Crippen LogP contribution in [0.5, 0.6) is 5.75 Å². The molecule has 3 aromatic rings. The quantitative estimate of drug-likeness (QED) is 0.721. The number of hydrogen-bond donors (Lipinski definition) is 1. The summed E-state index contributed by atoms with van der Waals surface area (Å²) in [5, 5.41) is 7.85. The van der Waals surface area contributed by atoms with E-state index < -0.39 is 0 Å². The Hall–Kier alpha value is -3.00. The van der Waals surface area contributed by atoms with Gasteiger partial charge in [-0.1, -0.05) is 6.07 Å². The second kappa shape index (κ2) is 7.71. The maximum atomic E-state index is 14.2. The molecule has 140 valence electrons. The van der Waals surface area contributed by atoms with Crippen molar-refractivity contribution >= 4 is 5.82 Å². The van der Waals surface area contributed by atoms with E-state index in [1.165, 1.54) is 13.2 Å². The van der Waals surface area contributed by atoms with Gasteiger partial charge in [-0.15, -0.1) is 0 Å². The van der Waals surface area contributed by atoms with Crippen molar-refractivity contribution in [3.63, 3.8) is 0 Å². The Morgan fingerprint density at radius 3 is 2.93 bits per heavy atom. The van der Waals surface area contributed by atoms with Crippen molar-refractivity contribution in [2.24, 2.45) is 0 Å². The van der Waals surface area contributed by atoms with Gasteiger partial charge in [-0.05, 0) is 12.1 Å². The van der Waals surface area contributed by atoms with Gasteiger partial charge >= 0.3 is 0 Å². The van der Waals surface area contributed by atoms with Gasteiger partial charge in [-0.25, -0.2) is 9.37 Å². The van der Waals surface area contributed by atoms with Gasteiger partial charge in [0.25, 0.3) is 0 Å². The number of benzene rings is 1. The van der Waals surface area contributed by atoms with Crippen LogP contribution in [-0.4, -0.2) is 38.3 Å². The van der Waals surface area contributed by atoms with Gasteiger partial charge < -0.3 is 10.1 Å². The van der Waals surface area contributed by atoms with Crippen LogP contribution in [-0.2, 0) is 26.2 Å². The summed E-state index contributed by atoms with van der Waals surface area (Å²) in [5.41, 5.74) is 2.76. The monoisotopic (exact) mass is 368 g/mol. The molecule has 3 heterocycles. The molecule has 0 amide bonds. The zero-order chi connectivity index (χ0) is 18.6. The minimum atomic E-state index is -0.234. The first kappa shape index (κ1) is 17.4. The molecular weight excluding hydrogens is 347 g/mol. The van der Waals surface area contributed by atoms with Crippen LogP contribution >= 0.6 is 0 Å². The fourth-order valence-corrected chi connectivity index (χ4v) is 3.20. The average molecular weight is 368 g/mol. The van der Waals surface area contributed by atoms with Crippen LogP contribution in [0.4, 0.5) is 10.2 Å². The molecule has 0 aliphatic carbocycles. The lowest BCUT2D eigenvalue weighted by atomic mass is 10.1. The Morgan fingerprint density at radius 2 is 2.15 bits per heavy atom. The Morgan fingerprint density at radius 1 is 1.22 bits per heavy atom. The topological polar surface area (TPSA) is 68.1 Å². The summed E-state index contributed by atoms with van der Waals surface area (Å²) < 4.78 is 21.3. The minimum absolute atomic E-state index is 0.234. The number of ether oxygens (including phenoxy) is 1. The number of rotatable bonds is 6. The summed E-state index contributed by atoms with van der Waals surface area (Å²) in [4.78, 5) is 10.5. The Balaban J connectivity index is 1.39. The van der Waals surface area contributed by atoms with E-state index in [1.807, 2.05) is 4.68 Å². The largest absolute Gasteiger partial charge is 0.497 e. The van der Waals surface area contributed by atoms with E-state index in [0.29, 0.717) is 24.4 Å². The summed E-state index contributed by atoms with van der Waals surface area (Å²) in [7, 11) is 1.54. The Labute approximate surface area is 156 Å². The maximum absolute atomic E-state index is 14.2. The third-order valence-electron chi connectivity index (χ3n) is 4.60. The van der Waals surface area contributed by atoms with Crippen molar-refractivity contribution in [1.29, 1.82) is 0 Å². The van der Waals surface area contributed by atoms with Crippen molar-refractivity contribution in [1.82, 2.24) is 24.6 Å². The molecule has 1 aromatic carbocycles. The molecule has 0 fully saturated rings. The molecule has 8 heteroatoms. The standard InChI is InChI=1S/C19H21FN6O/c1-27-17-3-2-14(18(20)9-17)12-25-6-7-26-16(13-25)8-15(24-26)10-23-19-11-21-4-5-22-19/h2-5,8-9,11H,6-7,10,12-13H2,1H3,(H,22,23). The third kappa shape index (κ3) is 4.06. The van der Waals surface area contributed by atoms with Crippen LogP contribution in [0, 0.1) is 5.82 Å². The summed E-state index contributed by atoms with van der Waals surface area (Å²) >= 11 is 0. The lowest BCUT2D eigenvalue weighted by Crippen LogP contribution is -2.33. The van der Waals surface area contributed by atoms with Crippen LogP contribution in [0.1, 0.15) is 17.0 Å². The molecular formula is C19H21FN6O. The van der Waals surface area contributed by atoms with E-state index in [-0.39, 0.29) is 5.82 Å². The number of nitrogens with one attached hydrogen (secondary N) is 1. The molecule has 27 heavy (non-hydrogen) atoms. The highest BCUT2D eigenvalue weighted by Gasteiger charge is 2.19. The van der Waals surface area contributed by atoms with Gasteiger partial charge in [-0.2, -0.15) is 5.10 Å². The van der Waals surface area contributed by atoms with Gasteiger partial charge in [0.2, 0.25) is 0 Å². The smallest absolute Gasteiger partial charge is 0.144 e. The maximum Gasteiger partial charge on any atom is 0.144 e. The zero-order valence-corrected chi connectivity index (χ0v) is 15.1. The predicted molar refractivity (Wildman–Crippen MR) is 98.7 cm³/mol. The fourth-order valence-electron chi connectivity index (χ4n) is 3.20. The molecule has 0 radical (unpaired) electrons. The number of nitrogens with zero attached hydrogens (tertiary/aromatic N) is 5. The minimum Gasteiger partial charge on any atom is -0.497 e. The number of halogens is 1. The van der Waals surface area contributed by atoms with Crippen LogP contribution in [0.2, 0.25) is 0 Å². The van der Waals surface area contributed by atoms with E-state index in [1.54, 1.807) is 30.7 Å². The lowest BCUT2D eigenvalue weighted by molar-refractivity contribution is 0.202. The molecule has 1 aliphatic heterocycles. The average Bonchev–Trinajstić information content (AvgIpc) is 3.11. The number of methoxy groups -OCH3 is 1. The summed E-state index contributed by atoms with van der Waals surface area (Å²) in [5.74, 6) is 1.02. The van der Waals surface area contributed by atoms with Crippen LogP contribution in [0.3, 0.4) is 0 Å². The van der Waals surface area contributed by atoms with Crippen molar-refractivity contribution in [2.75, 3.05) is 19.0 Å². The van der Waals surface area contributed by atoms with E-state index in [0.717, 1.165) is 36.8 Å². The lowest BCUT2D eigenvalue weighted by Gasteiger charge is -2.27. The summed E-state index contributed by atoms with van der Waals surface area (Å²) in [6.45, 7) is 3.51. The second-order valence-corrected chi connectivity index (χ2v) is 6.46. The SMILES string of the molecule is COc1ccc(CN2CCn3nc(CNc4cnccn4)cc3C2)c(F)c1. The Bertz CT molecular complexity index is 914. The van der Waals surface area contributed by atoms with Gasteiger partial charge in [0, 0.05) is 43.7 Å². The third-order valence-corrected chi connectivity index (χ3v) is 4.60. The molecule has 0 saturated carbocycles. The van der Waals surface area contributed by atoms with Gasteiger partial charge in [0.15, 0.2) is 0 Å². The molecule has 1 N–H and O–H groups in total. The molecule has 0 atom stereocenters. The fraction of sp³-hybridized carbons (Fsp3) is 0.316. The first-order valence-electron chi connectivity index (χ1n) is 8.81. The molecule has 1 aliphatic rings. The van der Waals surface area contributed by atoms with Gasteiger partial charge in [0.05, 0.1) is 37.8 Å². The molecule has 0 bridgehead atoms. The van der Waals surface area contributed by atoms with Gasteiger partial charge in [-0.3, -0.25) is 14.6 Å². The Kier molecular flexibility index (Phi) is 4.97. The van der Waals surface area contributed by atoms with Crippen molar-refractivity contribution < 1.29 is 9.13 Å². The molecule has 7 nitrogen and oxygen atoms in total. The molecule has 0 unspecified atom stereocenters. The van der Waals surface area contributed by atoms with Crippen LogP contribution in [0.25, 0.3) is 0 Å². The van der Waals surface area contributed by atoms with Crippen molar-refractivity contribution in [3.05, 3.63) is 65.6 Å². The highest BCUT2D eigenvalue weighted by molar-refractivity contribution is 5.31.